The predicted octanol–water partition coefficient (Wildman–Crippen LogP) is 0.726. The second-order valence-electron chi connectivity index (χ2n) is 6.22. The van der Waals surface area contributed by atoms with E-state index in [0.29, 0.717) is 0 Å². The fourth-order valence-corrected chi connectivity index (χ4v) is 3.52. The Labute approximate surface area is 135 Å². The van der Waals surface area contributed by atoms with Crippen LogP contribution in [0.1, 0.15) is 56.2 Å². The Morgan fingerprint density at radius 1 is 1.17 bits per heavy atom. The van der Waals surface area contributed by atoms with Gasteiger partial charge in [0.25, 0.3) is 0 Å². The Hall–Kier alpha value is -2.12. The number of likely N-dealkylation sites (tertiary alicyclic amines) is 1. The molecule has 8 nitrogen and oxygen atoms in total. The van der Waals surface area contributed by atoms with Gasteiger partial charge < -0.3 is 20.5 Å². The number of hydrogen-bond acceptors (Lipinski definition) is 4. The van der Waals surface area contributed by atoms with Crippen molar-refractivity contribution >= 4 is 11.9 Å². The van der Waals surface area contributed by atoms with E-state index in [-0.39, 0.29) is 24.9 Å². The largest absolute Gasteiger partial charge is 0.352 e. The van der Waals surface area contributed by atoms with Crippen molar-refractivity contribution in [1.82, 2.24) is 25.0 Å². The summed E-state index contributed by atoms with van der Waals surface area (Å²) in [7, 11) is 0. The van der Waals surface area contributed by atoms with Crippen LogP contribution in [-0.2, 0) is 17.8 Å². The Bertz CT molecular complexity index is 585. The van der Waals surface area contributed by atoms with Crippen molar-refractivity contribution in [2.24, 2.45) is 5.73 Å². The first-order valence-corrected chi connectivity index (χ1v) is 8.41. The number of amides is 3. The van der Waals surface area contributed by atoms with E-state index in [9.17, 15) is 9.59 Å². The predicted molar refractivity (Wildman–Crippen MR) is 83.5 cm³/mol. The molecular weight excluding hydrogens is 296 g/mol. The average Bonchev–Trinajstić information content (AvgIpc) is 3.08. The molecule has 8 heteroatoms. The summed E-state index contributed by atoms with van der Waals surface area (Å²) in [6.45, 7) is 1.96. The summed E-state index contributed by atoms with van der Waals surface area (Å²) in [5.41, 5.74) is 5.03. The molecule has 0 aliphatic carbocycles. The van der Waals surface area contributed by atoms with Crippen molar-refractivity contribution in [3.63, 3.8) is 0 Å². The highest BCUT2D eigenvalue weighted by Gasteiger charge is 2.34. The van der Waals surface area contributed by atoms with Crippen molar-refractivity contribution in [2.45, 2.75) is 57.5 Å². The van der Waals surface area contributed by atoms with Crippen molar-refractivity contribution < 1.29 is 9.59 Å². The minimum absolute atomic E-state index is 0.00966. The molecule has 0 unspecified atom stereocenters. The van der Waals surface area contributed by atoms with Gasteiger partial charge in [-0.3, -0.25) is 4.79 Å². The number of aromatic nitrogens is 3. The van der Waals surface area contributed by atoms with Crippen molar-refractivity contribution in [3.05, 3.63) is 11.6 Å². The normalized spacial score (nSPS) is 20.9. The fourth-order valence-electron chi connectivity index (χ4n) is 3.52. The van der Waals surface area contributed by atoms with Crippen molar-refractivity contribution in [2.75, 3.05) is 13.1 Å². The zero-order valence-corrected chi connectivity index (χ0v) is 13.3. The van der Waals surface area contributed by atoms with Crippen molar-refractivity contribution in [3.8, 4) is 0 Å². The molecule has 0 bridgehead atoms. The maximum absolute atomic E-state index is 12.4. The third-order valence-electron chi connectivity index (χ3n) is 4.65. The van der Waals surface area contributed by atoms with Crippen LogP contribution in [0.4, 0.5) is 4.79 Å². The molecule has 2 aliphatic heterocycles. The third-order valence-corrected chi connectivity index (χ3v) is 4.65. The Balaban J connectivity index is 1.70. The highest BCUT2D eigenvalue weighted by atomic mass is 16.2. The van der Waals surface area contributed by atoms with Crippen molar-refractivity contribution in [1.29, 1.82) is 0 Å². The summed E-state index contributed by atoms with van der Waals surface area (Å²) in [6, 6.07) is -0.589. The van der Waals surface area contributed by atoms with Gasteiger partial charge in [0.1, 0.15) is 5.82 Å². The molecule has 1 aromatic rings. The molecule has 0 aromatic carbocycles. The fraction of sp³-hybridized carbons (Fsp3) is 0.733. The lowest BCUT2D eigenvalue weighted by molar-refractivity contribution is -0.132. The number of nitrogens with one attached hydrogen (secondary N) is 1. The molecule has 3 rings (SSSR count). The first kappa shape index (κ1) is 15.8. The summed E-state index contributed by atoms with van der Waals surface area (Å²) in [5.74, 6) is 2.01. The number of fused-ring (bicyclic) bond motifs is 1. The number of primary amides is 1. The summed E-state index contributed by atoms with van der Waals surface area (Å²) in [4.78, 5) is 25.0. The number of urea groups is 1. The van der Waals surface area contributed by atoms with Gasteiger partial charge in [0.05, 0.1) is 6.04 Å². The Morgan fingerprint density at radius 2 is 2.04 bits per heavy atom. The number of carbonyl (C=O) groups excluding carboxylic acids is 2. The second-order valence-corrected chi connectivity index (χ2v) is 6.22. The molecule has 3 heterocycles. The first-order valence-electron chi connectivity index (χ1n) is 8.41. The SMILES string of the molecule is NC(=O)NCCC(=O)N1CCC[C@@H]1c1nnc2n1CCCCC2. The van der Waals surface area contributed by atoms with Crippen LogP contribution in [0, 0.1) is 0 Å². The van der Waals surface area contributed by atoms with Gasteiger partial charge in [0.15, 0.2) is 5.82 Å². The summed E-state index contributed by atoms with van der Waals surface area (Å²) < 4.78 is 2.21. The van der Waals surface area contributed by atoms with Crippen LogP contribution in [0.25, 0.3) is 0 Å². The lowest BCUT2D eigenvalue weighted by Crippen LogP contribution is -2.36. The molecule has 3 amide bonds. The molecule has 0 saturated carbocycles. The van der Waals surface area contributed by atoms with Gasteiger partial charge in [-0.25, -0.2) is 4.79 Å². The van der Waals surface area contributed by atoms with Gasteiger partial charge in [-0.15, -0.1) is 10.2 Å². The van der Waals surface area contributed by atoms with Crippen LogP contribution in [0.5, 0.6) is 0 Å². The van der Waals surface area contributed by atoms with E-state index in [2.05, 4.69) is 20.1 Å². The molecular formula is C15H24N6O2. The van der Waals surface area contributed by atoms with Gasteiger partial charge in [-0.2, -0.15) is 0 Å². The van der Waals surface area contributed by atoms with E-state index < -0.39 is 6.03 Å². The second kappa shape index (κ2) is 6.97. The van der Waals surface area contributed by atoms with E-state index in [1.54, 1.807) is 0 Å². The average molecular weight is 320 g/mol. The van der Waals surface area contributed by atoms with Gasteiger partial charge >= 0.3 is 6.03 Å². The first-order chi connectivity index (χ1) is 11.2. The van der Waals surface area contributed by atoms with Crippen LogP contribution >= 0.6 is 0 Å². The number of aryl methyl sites for hydroxylation is 1. The van der Waals surface area contributed by atoms with Gasteiger partial charge in [-0.05, 0) is 25.7 Å². The third kappa shape index (κ3) is 3.46. The van der Waals surface area contributed by atoms with Gasteiger partial charge in [0, 0.05) is 32.5 Å². The molecule has 126 valence electrons. The standard InChI is InChI=1S/C15H24N6O2/c16-15(23)17-8-7-13(22)20-10-4-5-11(20)14-19-18-12-6-2-1-3-9-21(12)14/h11H,1-10H2,(H3,16,17,23)/t11-/m1/s1. The number of hydrogen-bond donors (Lipinski definition) is 2. The highest BCUT2D eigenvalue weighted by molar-refractivity contribution is 5.78. The zero-order valence-electron chi connectivity index (χ0n) is 13.3. The topological polar surface area (TPSA) is 106 Å². The lowest BCUT2D eigenvalue weighted by atomic mass is 10.2. The van der Waals surface area contributed by atoms with Crippen LogP contribution in [0.2, 0.25) is 0 Å². The molecule has 1 atom stereocenters. The maximum Gasteiger partial charge on any atom is 0.312 e. The summed E-state index contributed by atoms with van der Waals surface area (Å²) >= 11 is 0. The molecule has 1 saturated heterocycles. The monoisotopic (exact) mass is 320 g/mol. The minimum atomic E-state index is -0.599. The molecule has 0 spiro atoms. The molecule has 23 heavy (non-hydrogen) atoms. The maximum atomic E-state index is 12.4. The number of rotatable bonds is 4. The zero-order chi connectivity index (χ0) is 16.2. The quantitative estimate of drug-likeness (QED) is 0.852. The molecule has 3 N–H and O–H groups in total. The molecule has 1 aromatic heterocycles. The Kier molecular flexibility index (Phi) is 4.78. The van der Waals surface area contributed by atoms with Crippen LogP contribution in [0.3, 0.4) is 0 Å². The minimum Gasteiger partial charge on any atom is -0.352 e. The highest BCUT2D eigenvalue weighted by Crippen LogP contribution is 2.32. The number of nitrogens with two attached hydrogens (primary N) is 1. The van der Waals surface area contributed by atoms with E-state index in [0.717, 1.165) is 56.8 Å². The molecule has 1 fully saturated rings. The van der Waals surface area contributed by atoms with Gasteiger partial charge in [-0.1, -0.05) is 6.42 Å². The smallest absolute Gasteiger partial charge is 0.312 e. The van der Waals surface area contributed by atoms with Crippen LogP contribution < -0.4 is 11.1 Å². The Morgan fingerprint density at radius 3 is 2.87 bits per heavy atom. The number of nitrogens with zero attached hydrogens (tertiary/aromatic N) is 4. The summed E-state index contributed by atoms with van der Waals surface area (Å²) in [5, 5.41) is 11.2. The molecule has 2 aliphatic rings. The van der Waals surface area contributed by atoms with E-state index in [1.807, 2.05) is 4.90 Å². The lowest BCUT2D eigenvalue weighted by Gasteiger charge is -2.24. The number of carbonyl (C=O) groups is 2. The van der Waals surface area contributed by atoms with E-state index >= 15 is 0 Å². The van der Waals surface area contributed by atoms with Crippen LogP contribution in [0.15, 0.2) is 0 Å². The van der Waals surface area contributed by atoms with Crippen LogP contribution in [-0.4, -0.2) is 44.7 Å². The summed E-state index contributed by atoms with van der Waals surface area (Å²) in [6.07, 6.45) is 6.64. The molecule has 0 radical (unpaired) electrons. The van der Waals surface area contributed by atoms with E-state index in [4.69, 9.17) is 5.73 Å². The van der Waals surface area contributed by atoms with Gasteiger partial charge in [0.2, 0.25) is 5.91 Å². The van der Waals surface area contributed by atoms with E-state index in [1.165, 1.54) is 6.42 Å².